The predicted octanol–water partition coefficient (Wildman–Crippen LogP) is 3.39. The Balaban J connectivity index is 1.82. The Morgan fingerprint density at radius 2 is 2.20 bits per heavy atom. The molecule has 3 heteroatoms. The molecule has 1 aromatic carbocycles. The van der Waals surface area contributed by atoms with Crippen LogP contribution in [0.15, 0.2) is 24.3 Å². The van der Waals surface area contributed by atoms with Gasteiger partial charge in [-0.1, -0.05) is 30.7 Å². The van der Waals surface area contributed by atoms with Crippen LogP contribution < -0.4 is 5.32 Å². The molecule has 1 aromatic rings. The van der Waals surface area contributed by atoms with E-state index in [1.54, 1.807) is 0 Å². The van der Waals surface area contributed by atoms with E-state index in [1.165, 1.54) is 36.8 Å². The molecule has 0 aromatic heterocycles. The van der Waals surface area contributed by atoms with E-state index in [-0.39, 0.29) is 5.97 Å². The molecule has 0 aliphatic heterocycles. The zero-order valence-electron chi connectivity index (χ0n) is 12.4. The number of hydrogen-bond acceptors (Lipinski definition) is 3. The van der Waals surface area contributed by atoms with E-state index >= 15 is 0 Å². The van der Waals surface area contributed by atoms with E-state index < -0.39 is 0 Å². The first kappa shape index (κ1) is 15.0. The van der Waals surface area contributed by atoms with Crippen molar-refractivity contribution in [1.82, 2.24) is 5.32 Å². The van der Waals surface area contributed by atoms with Crippen molar-refractivity contribution >= 4 is 5.97 Å². The maximum absolute atomic E-state index is 11.3. The van der Waals surface area contributed by atoms with Gasteiger partial charge in [0.05, 0.1) is 6.61 Å². The van der Waals surface area contributed by atoms with Gasteiger partial charge in [-0.15, -0.1) is 0 Å². The van der Waals surface area contributed by atoms with Crippen molar-refractivity contribution in [3.63, 3.8) is 0 Å². The molecule has 0 amide bonds. The maximum atomic E-state index is 11.3. The van der Waals surface area contributed by atoms with Gasteiger partial charge in [0.2, 0.25) is 0 Å². The molecule has 1 aliphatic carbocycles. The molecule has 2 rings (SSSR count). The van der Waals surface area contributed by atoms with Crippen LogP contribution in [-0.4, -0.2) is 19.1 Å². The molecule has 1 aliphatic rings. The number of fused-ring (bicyclic) bond motifs is 1. The van der Waals surface area contributed by atoms with Gasteiger partial charge in [0.15, 0.2) is 0 Å². The zero-order chi connectivity index (χ0) is 14.2. The highest BCUT2D eigenvalue weighted by Gasteiger charge is 2.17. The fraction of sp³-hybridized carbons (Fsp3) is 0.588. The summed E-state index contributed by atoms with van der Waals surface area (Å²) in [4.78, 5) is 11.3. The summed E-state index contributed by atoms with van der Waals surface area (Å²) in [6.45, 7) is 3.19. The van der Waals surface area contributed by atoms with E-state index in [9.17, 15) is 4.79 Å². The third-order valence-electron chi connectivity index (χ3n) is 3.87. The minimum absolute atomic E-state index is 0.0874. The summed E-state index contributed by atoms with van der Waals surface area (Å²) in [5, 5.41) is 3.61. The molecule has 0 radical (unpaired) electrons. The molecule has 1 unspecified atom stereocenters. The Hall–Kier alpha value is -1.35. The lowest BCUT2D eigenvalue weighted by Gasteiger charge is -2.19. The largest absolute Gasteiger partial charge is 0.466 e. The minimum atomic E-state index is -0.0874. The third-order valence-corrected chi connectivity index (χ3v) is 3.87. The van der Waals surface area contributed by atoms with Crippen molar-refractivity contribution in [1.29, 1.82) is 0 Å². The van der Waals surface area contributed by atoms with Crippen LogP contribution in [0.5, 0.6) is 0 Å². The van der Waals surface area contributed by atoms with Gasteiger partial charge >= 0.3 is 5.97 Å². The molecular weight excluding hydrogens is 250 g/mol. The van der Waals surface area contributed by atoms with E-state index in [2.05, 4.69) is 29.6 Å². The number of carbonyl (C=O) groups is 1. The Morgan fingerprint density at radius 3 is 3.05 bits per heavy atom. The number of benzene rings is 1. The summed E-state index contributed by atoms with van der Waals surface area (Å²) in [7, 11) is 0. The van der Waals surface area contributed by atoms with Gasteiger partial charge in [0.1, 0.15) is 0 Å². The van der Waals surface area contributed by atoms with Crippen molar-refractivity contribution in [2.45, 2.75) is 51.5 Å². The average Bonchev–Trinajstić information content (AvgIpc) is 2.66. The van der Waals surface area contributed by atoms with Gasteiger partial charge in [0, 0.05) is 12.5 Å². The van der Waals surface area contributed by atoms with Crippen molar-refractivity contribution in [2.24, 2.45) is 0 Å². The molecule has 1 N–H and O–H groups in total. The van der Waals surface area contributed by atoms with E-state index in [1.807, 2.05) is 6.92 Å². The molecule has 1 atom stereocenters. The summed E-state index contributed by atoms with van der Waals surface area (Å²) in [5.41, 5.74) is 2.93. The number of rotatable bonds is 6. The lowest BCUT2D eigenvalue weighted by Crippen LogP contribution is -2.23. The number of nitrogens with one attached hydrogen (secondary N) is 1. The van der Waals surface area contributed by atoms with Crippen LogP contribution in [0, 0.1) is 0 Å². The van der Waals surface area contributed by atoms with Crippen molar-refractivity contribution in [3.05, 3.63) is 35.4 Å². The second-order valence-corrected chi connectivity index (χ2v) is 5.36. The monoisotopic (exact) mass is 275 g/mol. The number of esters is 1. The number of aryl methyl sites for hydroxylation is 1. The quantitative estimate of drug-likeness (QED) is 0.491. The summed E-state index contributed by atoms with van der Waals surface area (Å²) < 4.78 is 4.94. The van der Waals surface area contributed by atoms with Crippen LogP contribution in [0.4, 0.5) is 0 Å². The Bertz CT molecular complexity index is 431. The highest BCUT2D eigenvalue weighted by molar-refractivity contribution is 5.69. The van der Waals surface area contributed by atoms with Crippen LogP contribution in [0.3, 0.4) is 0 Å². The highest BCUT2D eigenvalue weighted by Crippen LogP contribution is 2.28. The summed E-state index contributed by atoms with van der Waals surface area (Å²) in [6, 6.07) is 9.17. The van der Waals surface area contributed by atoms with Gasteiger partial charge in [-0.2, -0.15) is 0 Å². The SMILES string of the molecule is CCOC(=O)CCCNC1CCCCc2ccccc21. The first-order chi connectivity index (χ1) is 9.81. The first-order valence-electron chi connectivity index (χ1n) is 7.78. The molecule has 0 fully saturated rings. The smallest absolute Gasteiger partial charge is 0.305 e. The predicted molar refractivity (Wildman–Crippen MR) is 80.6 cm³/mol. The summed E-state index contributed by atoms with van der Waals surface area (Å²) in [6.07, 6.45) is 6.28. The fourth-order valence-electron chi connectivity index (χ4n) is 2.88. The third kappa shape index (κ3) is 4.34. The number of carbonyl (C=O) groups excluding carboxylic acids is 1. The van der Waals surface area contributed by atoms with E-state index in [0.717, 1.165) is 13.0 Å². The standard InChI is InChI=1S/C17H25NO2/c1-2-20-17(19)12-7-13-18-16-11-6-4-9-14-8-3-5-10-15(14)16/h3,5,8,10,16,18H,2,4,6-7,9,11-13H2,1H3. The Morgan fingerprint density at radius 1 is 1.35 bits per heavy atom. The van der Waals surface area contributed by atoms with Crippen molar-refractivity contribution in [3.8, 4) is 0 Å². The zero-order valence-corrected chi connectivity index (χ0v) is 12.4. The topological polar surface area (TPSA) is 38.3 Å². The molecule has 0 heterocycles. The minimum Gasteiger partial charge on any atom is -0.466 e. The molecule has 20 heavy (non-hydrogen) atoms. The van der Waals surface area contributed by atoms with Gasteiger partial charge in [-0.3, -0.25) is 4.79 Å². The molecule has 0 bridgehead atoms. The number of ether oxygens (including phenoxy) is 1. The van der Waals surface area contributed by atoms with Crippen LogP contribution in [-0.2, 0) is 16.0 Å². The Labute approximate surface area is 121 Å². The second-order valence-electron chi connectivity index (χ2n) is 5.36. The van der Waals surface area contributed by atoms with Gasteiger partial charge in [0.25, 0.3) is 0 Å². The first-order valence-corrected chi connectivity index (χ1v) is 7.78. The lowest BCUT2D eigenvalue weighted by molar-refractivity contribution is -0.143. The van der Waals surface area contributed by atoms with Crippen molar-refractivity contribution < 1.29 is 9.53 Å². The molecular formula is C17H25NO2. The van der Waals surface area contributed by atoms with Crippen LogP contribution in [0.1, 0.15) is 56.2 Å². The molecule has 0 spiro atoms. The van der Waals surface area contributed by atoms with Crippen LogP contribution >= 0.6 is 0 Å². The lowest BCUT2D eigenvalue weighted by atomic mass is 9.99. The van der Waals surface area contributed by atoms with E-state index in [0.29, 0.717) is 19.1 Å². The van der Waals surface area contributed by atoms with Crippen molar-refractivity contribution in [2.75, 3.05) is 13.2 Å². The van der Waals surface area contributed by atoms with Crippen LogP contribution in [0.2, 0.25) is 0 Å². The molecule has 110 valence electrons. The fourth-order valence-corrected chi connectivity index (χ4v) is 2.88. The molecule has 0 saturated carbocycles. The normalized spacial score (nSPS) is 18.1. The van der Waals surface area contributed by atoms with Crippen LogP contribution in [0.25, 0.3) is 0 Å². The summed E-state index contributed by atoms with van der Waals surface area (Å²) in [5.74, 6) is -0.0874. The maximum Gasteiger partial charge on any atom is 0.305 e. The average molecular weight is 275 g/mol. The second kappa shape index (κ2) is 8.05. The molecule has 0 saturated heterocycles. The molecule has 3 nitrogen and oxygen atoms in total. The highest BCUT2D eigenvalue weighted by atomic mass is 16.5. The van der Waals surface area contributed by atoms with Gasteiger partial charge in [-0.05, 0) is 50.3 Å². The number of hydrogen-bond donors (Lipinski definition) is 1. The summed E-state index contributed by atoms with van der Waals surface area (Å²) >= 11 is 0. The van der Waals surface area contributed by atoms with Gasteiger partial charge in [-0.25, -0.2) is 0 Å². The Kier molecular flexibility index (Phi) is 6.06. The van der Waals surface area contributed by atoms with Gasteiger partial charge < -0.3 is 10.1 Å². The van der Waals surface area contributed by atoms with E-state index in [4.69, 9.17) is 4.74 Å².